The van der Waals surface area contributed by atoms with E-state index in [1.807, 2.05) is 0 Å². The number of hydrogen-bond donors (Lipinski definition) is 2. The summed E-state index contributed by atoms with van der Waals surface area (Å²) in [6, 6.07) is 2.78. The molecule has 0 fully saturated rings. The van der Waals surface area contributed by atoms with Gasteiger partial charge in [-0.25, -0.2) is 9.37 Å². The van der Waals surface area contributed by atoms with E-state index in [1.54, 1.807) is 6.20 Å². The number of nitrogens with zero attached hydrogens (tertiary/aromatic N) is 2. The van der Waals surface area contributed by atoms with Gasteiger partial charge in [-0.05, 0) is 12.1 Å². The van der Waals surface area contributed by atoms with Gasteiger partial charge in [0.15, 0.2) is 0 Å². The smallest absolute Gasteiger partial charge is 0.285 e. The number of aromatic nitrogens is 2. The Balaban J connectivity index is 2.16. The van der Waals surface area contributed by atoms with Crippen LogP contribution in [0.3, 0.4) is 0 Å². The van der Waals surface area contributed by atoms with E-state index in [9.17, 15) is 19.3 Å². The Labute approximate surface area is 106 Å². The number of amides is 1. The van der Waals surface area contributed by atoms with Crippen LogP contribution in [-0.4, -0.2) is 20.8 Å². The number of carbonyl (C=O) groups excluding carboxylic acids is 1. The highest BCUT2D eigenvalue weighted by atomic mass is 19.1. The van der Waals surface area contributed by atoms with Crippen LogP contribution in [0.4, 0.5) is 10.1 Å². The highest BCUT2D eigenvalue weighted by molar-refractivity contribution is 5.98. The van der Waals surface area contributed by atoms with Crippen LogP contribution in [0, 0.1) is 15.9 Å². The minimum absolute atomic E-state index is 0.0976. The third-order valence-electron chi connectivity index (χ3n) is 2.37. The van der Waals surface area contributed by atoms with Gasteiger partial charge in [-0.15, -0.1) is 0 Å². The molecule has 7 nitrogen and oxygen atoms in total. The predicted molar refractivity (Wildman–Crippen MR) is 62.8 cm³/mol. The molecule has 1 aromatic heterocycles. The van der Waals surface area contributed by atoms with Crippen LogP contribution >= 0.6 is 0 Å². The number of aromatic amines is 1. The molecule has 2 N–H and O–H groups in total. The average molecular weight is 264 g/mol. The van der Waals surface area contributed by atoms with Crippen LogP contribution < -0.4 is 5.32 Å². The van der Waals surface area contributed by atoms with Gasteiger partial charge < -0.3 is 10.3 Å². The van der Waals surface area contributed by atoms with Gasteiger partial charge in [0.05, 0.1) is 17.5 Å². The van der Waals surface area contributed by atoms with Crippen molar-refractivity contribution in [3.8, 4) is 0 Å². The molecule has 0 saturated carbocycles. The van der Waals surface area contributed by atoms with E-state index in [1.165, 1.54) is 6.20 Å². The largest absolute Gasteiger partial charge is 0.347 e. The Kier molecular flexibility index (Phi) is 3.51. The molecule has 98 valence electrons. The van der Waals surface area contributed by atoms with E-state index in [-0.39, 0.29) is 12.1 Å². The first-order valence-electron chi connectivity index (χ1n) is 5.28. The van der Waals surface area contributed by atoms with Crippen LogP contribution in [0.2, 0.25) is 0 Å². The summed E-state index contributed by atoms with van der Waals surface area (Å²) in [7, 11) is 0. The van der Waals surface area contributed by atoms with E-state index >= 15 is 0 Å². The Morgan fingerprint density at radius 1 is 1.53 bits per heavy atom. The van der Waals surface area contributed by atoms with Crippen molar-refractivity contribution in [3.05, 3.63) is 57.9 Å². The summed E-state index contributed by atoms with van der Waals surface area (Å²) >= 11 is 0. The number of halogens is 1. The highest BCUT2D eigenvalue weighted by Gasteiger charge is 2.20. The Morgan fingerprint density at radius 3 is 2.95 bits per heavy atom. The van der Waals surface area contributed by atoms with E-state index in [0.717, 1.165) is 12.1 Å². The van der Waals surface area contributed by atoms with Crippen LogP contribution in [0.1, 0.15) is 16.2 Å². The number of rotatable bonds is 4. The van der Waals surface area contributed by atoms with Gasteiger partial charge in [0, 0.05) is 12.4 Å². The maximum atomic E-state index is 12.9. The van der Waals surface area contributed by atoms with Gasteiger partial charge in [-0.3, -0.25) is 14.9 Å². The van der Waals surface area contributed by atoms with Crippen LogP contribution in [0.5, 0.6) is 0 Å². The number of nitrogens with one attached hydrogen (secondary N) is 2. The number of nitro groups is 1. The van der Waals surface area contributed by atoms with E-state index in [0.29, 0.717) is 11.9 Å². The number of nitro benzene ring substituents is 1. The molecule has 0 saturated heterocycles. The second-order valence-electron chi connectivity index (χ2n) is 3.64. The zero-order valence-corrected chi connectivity index (χ0v) is 9.59. The maximum absolute atomic E-state index is 12.9. The fraction of sp³-hybridized carbons (Fsp3) is 0.0909. The molecule has 19 heavy (non-hydrogen) atoms. The minimum Gasteiger partial charge on any atom is -0.347 e. The van der Waals surface area contributed by atoms with E-state index < -0.39 is 22.3 Å². The monoisotopic (exact) mass is 264 g/mol. The molecule has 0 atom stereocenters. The fourth-order valence-corrected chi connectivity index (χ4v) is 1.50. The van der Waals surface area contributed by atoms with Gasteiger partial charge >= 0.3 is 0 Å². The second kappa shape index (κ2) is 5.25. The molecule has 8 heteroatoms. The maximum Gasteiger partial charge on any atom is 0.285 e. The molecular formula is C11H9FN4O3. The Morgan fingerprint density at radius 2 is 2.32 bits per heavy atom. The van der Waals surface area contributed by atoms with Crippen LogP contribution in [0.25, 0.3) is 0 Å². The van der Waals surface area contributed by atoms with Crippen molar-refractivity contribution < 1.29 is 14.1 Å². The normalized spacial score (nSPS) is 10.2. The molecule has 0 aliphatic heterocycles. The molecule has 0 aliphatic carbocycles. The Bertz CT molecular complexity index is 612. The predicted octanol–water partition coefficient (Wildman–Crippen LogP) is 1.39. The third kappa shape index (κ3) is 2.92. The number of imidazole rings is 1. The summed E-state index contributed by atoms with van der Waals surface area (Å²) in [5.74, 6) is -0.921. The SMILES string of the molecule is O=C(NCc1ncc[nH]1)c1ccc(F)cc1[N+](=O)[O-]. The zero-order chi connectivity index (χ0) is 13.8. The summed E-state index contributed by atoms with van der Waals surface area (Å²) in [5, 5.41) is 13.2. The van der Waals surface area contributed by atoms with Crippen molar-refractivity contribution >= 4 is 11.6 Å². The molecule has 0 aliphatic rings. The first-order valence-corrected chi connectivity index (χ1v) is 5.28. The van der Waals surface area contributed by atoms with Gasteiger partial charge in [0.1, 0.15) is 17.2 Å². The van der Waals surface area contributed by atoms with Crippen molar-refractivity contribution in [1.29, 1.82) is 0 Å². The van der Waals surface area contributed by atoms with Gasteiger partial charge in [0.25, 0.3) is 11.6 Å². The Hall–Kier alpha value is -2.77. The van der Waals surface area contributed by atoms with E-state index in [2.05, 4.69) is 15.3 Å². The van der Waals surface area contributed by atoms with Crippen LogP contribution in [-0.2, 0) is 6.54 Å². The summed E-state index contributed by atoms with van der Waals surface area (Å²) in [6.07, 6.45) is 3.10. The lowest BCUT2D eigenvalue weighted by molar-refractivity contribution is -0.385. The lowest BCUT2D eigenvalue weighted by Crippen LogP contribution is -2.24. The second-order valence-corrected chi connectivity index (χ2v) is 3.64. The molecule has 0 spiro atoms. The topological polar surface area (TPSA) is 101 Å². The molecule has 0 radical (unpaired) electrons. The first kappa shape index (κ1) is 12.7. The van der Waals surface area contributed by atoms with Crippen molar-refractivity contribution in [2.24, 2.45) is 0 Å². The lowest BCUT2D eigenvalue weighted by atomic mass is 10.1. The lowest BCUT2D eigenvalue weighted by Gasteiger charge is -2.04. The summed E-state index contributed by atoms with van der Waals surface area (Å²) in [6.45, 7) is 0.0976. The van der Waals surface area contributed by atoms with Crippen molar-refractivity contribution in [3.63, 3.8) is 0 Å². The van der Waals surface area contributed by atoms with Gasteiger partial charge in [-0.1, -0.05) is 0 Å². The van der Waals surface area contributed by atoms with Crippen molar-refractivity contribution in [2.45, 2.75) is 6.54 Å². The summed E-state index contributed by atoms with van der Waals surface area (Å²) in [5.41, 5.74) is -0.769. The molecule has 2 aromatic rings. The first-order chi connectivity index (χ1) is 9.08. The molecular weight excluding hydrogens is 255 g/mol. The van der Waals surface area contributed by atoms with Crippen molar-refractivity contribution in [1.82, 2.24) is 15.3 Å². The van der Waals surface area contributed by atoms with Crippen molar-refractivity contribution in [2.75, 3.05) is 0 Å². The standard InChI is InChI=1S/C11H9FN4O3/c12-7-1-2-8(9(5-7)16(18)19)11(17)15-6-10-13-3-4-14-10/h1-5H,6H2,(H,13,14)(H,15,17). The molecule has 0 unspecified atom stereocenters. The van der Waals surface area contributed by atoms with E-state index in [4.69, 9.17) is 0 Å². The number of carbonyl (C=O) groups is 1. The van der Waals surface area contributed by atoms with Gasteiger partial charge in [-0.2, -0.15) is 0 Å². The molecule has 1 heterocycles. The third-order valence-corrected chi connectivity index (χ3v) is 2.37. The number of hydrogen-bond acceptors (Lipinski definition) is 4. The van der Waals surface area contributed by atoms with Gasteiger partial charge in [0.2, 0.25) is 0 Å². The highest BCUT2D eigenvalue weighted by Crippen LogP contribution is 2.19. The fourth-order valence-electron chi connectivity index (χ4n) is 1.50. The number of benzene rings is 1. The summed E-state index contributed by atoms with van der Waals surface area (Å²) in [4.78, 5) is 28.4. The minimum atomic E-state index is -0.801. The zero-order valence-electron chi connectivity index (χ0n) is 9.59. The van der Waals surface area contributed by atoms with Crippen LogP contribution in [0.15, 0.2) is 30.6 Å². The molecule has 0 bridgehead atoms. The average Bonchev–Trinajstić information content (AvgIpc) is 2.88. The quantitative estimate of drug-likeness (QED) is 0.643. The number of H-pyrrole nitrogens is 1. The molecule has 1 aromatic carbocycles. The summed E-state index contributed by atoms with van der Waals surface area (Å²) < 4.78 is 12.9. The molecule has 2 rings (SSSR count). The molecule has 1 amide bonds.